The number of aromatic nitrogens is 2. The Kier molecular flexibility index (Phi) is 4.45. The number of nitro groups is 1. The molecule has 1 fully saturated rings. The second-order valence-corrected chi connectivity index (χ2v) is 5.37. The third-order valence-electron chi connectivity index (χ3n) is 3.79. The highest BCUT2D eigenvalue weighted by molar-refractivity contribution is 5.66. The summed E-state index contributed by atoms with van der Waals surface area (Å²) in [7, 11) is 2.04. The van der Waals surface area contributed by atoms with Gasteiger partial charge < -0.3 is 9.84 Å². The first-order chi connectivity index (χ1) is 11.1. The largest absolute Gasteiger partial charge is 0.335 e. The Morgan fingerprint density at radius 3 is 2.87 bits per heavy atom. The Hall–Kier alpha value is -2.58. The first kappa shape index (κ1) is 15.3. The van der Waals surface area contributed by atoms with Crippen LogP contribution in [-0.4, -0.2) is 46.6 Å². The topological polar surface area (TPSA) is 97.3 Å². The summed E-state index contributed by atoms with van der Waals surface area (Å²) in [6, 6.07) is 6.37. The van der Waals surface area contributed by atoms with Crippen molar-refractivity contribution in [2.75, 3.05) is 26.7 Å². The van der Waals surface area contributed by atoms with Crippen LogP contribution in [0.3, 0.4) is 0 Å². The van der Waals surface area contributed by atoms with Crippen molar-refractivity contribution < 1.29 is 9.45 Å². The SMILES string of the molecule is CN1CCNCC1c1noc(/C=C/c2ccc([N+](=O)[O-])cc2)n1. The fourth-order valence-corrected chi connectivity index (χ4v) is 2.42. The fourth-order valence-electron chi connectivity index (χ4n) is 2.42. The second kappa shape index (κ2) is 6.67. The highest BCUT2D eigenvalue weighted by Crippen LogP contribution is 2.18. The molecule has 1 aliphatic rings. The van der Waals surface area contributed by atoms with E-state index in [-0.39, 0.29) is 11.7 Å². The zero-order chi connectivity index (χ0) is 16.2. The van der Waals surface area contributed by atoms with Crippen LogP contribution in [0.2, 0.25) is 0 Å². The molecule has 0 radical (unpaired) electrons. The number of rotatable bonds is 4. The lowest BCUT2D eigenvalue weighted by molar-refractivity contribution is -0.384. The highest BCUT2D eigenvalue weighted by Gasteiger charge is 2.24. The van der Waals surface area contributed by atoms with Crippen molar-refractivity contribution in [1.82, 2.24) is 20.4 Å². The molecule has 0 saturated carbocycles. The minimum atomic E-state index is -0.424. The summed E-state index contributed by atoms with van der Waals surface area (Å²) in [5.74, 6) is 1.07. The minimum Gasteiger partial charge on any atom is -0.335 e. The van der Waals surface area contributed by atoms with Crippen LogP contribution in [0.1, 0.15) is 23.3 Å². The number of benzene rings is 1. The summed E-state index contributed by atoms with van der Waals surface area (Å²) in [4.78, 5) is 16.8. The van der Waals surface area contributed by atoms with Crippen molar-refractivity contribution in [3.8, 4) is 0 Å². The Morgan fingerprint density at radius 2 is 2.17 bits per heavy atom. The summed E-state index contributed by atoms with van der Waals surface area (Å²) in [5.41, 5.74) is 0.891. The van der Waals surface area contributed by atoms with E-state index in [9.17, 15) is 10.1 Å². The van der Waals surface area contributed by atoms with E-state index in [0.29, 0.717) is 11.7 Å². The van der Waals surface area contributed by atoms with Gasteiger partial charge in [0.2, 0.25) is 0 Å². The van der Waals surface area contributed by atoms with Gasteiger partial charge in [-0.3, -0.25) is 15.0 Å². The summed E-state index contributed by atoms with van der Waals surface area (Å²) >= 11 is 0. The number of non-ortho nitro benzene ring substituents is 1. The van der Waals surface area contributed by atoms with Crippen LogP contribution in [-0.2, 0) is 0 Å². The molecule has 2 aromatic rings. The maximum Gasteiger partial charge on any atom is 0.269 e. The molecular weight excluding hydrogens is 298 g/mol. The number of nitrogens with one attached hydrogen (secondary N) is 1. The third-order valence-corrected chi connectivity index (χ3v) is 3.79. The number of hydrogen-bond acceptors (Lipinski definition) is 7. The molecule has 0 aliphatic carbocycles. The fraction of sp³-hybridized carbons (Fsp3) is 0.333. The molecule has 120 valence electrons. The molecule has 8 heteroatoms. The van der Waals surface area contributed by atoms with E-state index in [0.717, 1.165) is 25.2 Å². The molecule has 1 atom stereocenters. The number of nitro benzene ring substituents is 1. The predicted molar refractivity (Wildman–Crippen MR) is 84.6 cm³/mol. The number of nitrogens with zero attached hydrogens (tertiary/aromatic N) is 4. The highest BCUT2D eigenvalue weighted by atomic mass is 16.6. The number of likely N-dealkylation sites (N-methyl/N-ethyl adjacent to an activating group) is 1. The molecule has 2 heterocycles. The molecule has 1 aromatic heterocycles. The van der Waals surface area contributed by atoms with Gasteiger partial charge in [-0.25, -0.2) is 0 Å². The van der Waals surface area contributed by atoms with Gasteiger partial charge in [-0.1, -0.05) is 5.16 Å². The molecule has 23 heavy (non-hydrogen) atoms. The van der Waals surface area contributed by atoms with E-state index >= 15 is 0 Å². The Bertz CT molecular complexity index is 710. The first-order valence-corrected chi connectivity index (χ1v) is 7.30. The summed E-state index contributed by atoms with van der Waals surface area (Å²) in [6.45, 7) is 2.69. The van der Waals surface area contributed by atoms with Gasteiger partial charge in [0.05, 0.1) is 11.0 Å². The van der Waals surface area contributed by atoms with Gasteiger partial charge in [0, 0.05) is 37.8 Å². The van der Waals surface area contributed by atoms with Crippen molar-refractivity contribution >= 4 is 17.8 Å². The molecule has 1 N–H and O–H groups in total. The van der Waals surface area contributed by atoms with Crippen molar-refractivity contribution in [3.05, 3.63) is 51.7 Å². The van der Waals surface area contributed by atoms with Crippen LogP contribution in [0.4, 0.5) is 5.69 Å². The normalized spacial score (nSPS) is 19.3. The maximum atomic E-state index is 10.6. The van der Waals surface area contributed by atoms with Crippen LogP contribution in [0.25, 0.3) is 12.2 Å². The summed E-state index contributed by atoms with van der Waals surface area (Å²) < 4.78 is 5.24. The Labute approximate surface area is 132 Å². The molecule has 3 rings (SSSR count). The zero-order valence-corrected chi connectivity index (χ0v) is 12.7. The monoisotopic (exact) mass is 315 g/mol. The van der Waals surface area contributed by atoms with Crippen molar-refractivity contribution in [2.45, 2.75) is 6.04 Å². The van der Waals surface area contributed by atoms with E-state index in [4.69, 9.17) is 4.52 Å². The lowest BCUT2D eigenvalue weighted by Gasteiger charge is -2.30. The third kappa shape index (κ3) is 3.61. The molecule has 0 spiro atoms. The zero-order valence-electron chi connectivity index (χ0n) is 12.7. The molecule has 1 saturated heterocycles. The van der Waals surface area contributed by atoms with E-state index in [1.807, 2.05) is 7.05 Å². The minimum absolute atomic E-state index is 0.0649. The molecule has 1 aliphatic heterocycles. The lowest BCUT2D eigenvalue weighted by Crippen LogP contribution is -2.44. The smallest absolute Gasteiger partial charge is 0.269 e. The van der Waals surface area contributed by atoms with Gasteiger partial charge in [-0.05, 0) is 30.8 Å². The van der Waals surface area contributed by atoms with Gasteiger partial charge in [0.15, 0.2) is 5.82 Å². The van der Waals surface area contributed by atoms with E-state index in [1.165, 1.54) is 12.1 Å². The molecule has 0 amide bonds. The first-order valence-electron chi connectivity index (χ1n) is 7.30. The van der Waals surface area contributed by atoms with Gasteiger partial charge in [-0.2, -0.15) is 4.98 Å². The van der Waals surface area contributed by atoms with Crippen LogP contribution in [0, 0.1) is 10.1 Å². The quantitative estimate of drug-likeness (QED) is 0.677. The van der Waals surface area contributed by atoms with Crippen LogP contribution >= 0.6 is 0 Å². The maximum absolute atomic E-state index is 10.6. The standard InChI is InChI=1S/C15H17N5O3/c1-19-9-8-16-10-13(19)15-17-14(23-18-15)7-4-11-2-5-12(6-3-11)20(21)22/h2-7,13,16H,8-10H2,1H3/b7-4+. The molecule has 8 nitrogen and oxygen atoms in total. The van der Waals surface area contributed by atoms with Crippen molar-refractivity contribution in [2.24, 2.45) is 0 Å². The summed E-state index contributed by atoms with van der Waals surface area (Å²) in [6.07, 6.45) is 3.48. The van der Waals surface area contributed by atoms with Gasteiger partial charge in [0.1, 0.15) is 0 Å². The van der Waals surface area contributed by atoms with Gasteiger partial charge in [0.25, 0.3) is 11.6 Å². The average molecular weight is 315 g/mol. The Balaban J connectivity index is 1.69. The van der Waals surface area contributed by atoms with Crippen molar-refractivity contribution in [1.29, 1.82) is 0 Å². The predicted octanol–water partition coefficient (Wildman–Crippen LogP) is 1.72. The van der Waals surface area contributed by atoms with Crippen molar-refractivity contribution in [3.63, 3.8) is 0 Å². The average Bonchev–Trinajstić information content (AvgIpc) is 3.02. The molecule has 1 unspecified atom stereocenters. The van der Waals surface area contributed by atoms with Gasteiger partial charge in [-0.15, -0.1) is 0 Å². The van der Waals surface area contributed by atoms with E-state index in [1.54, 1.807) is 24.3 Å². The lowest BCUT2D eigenvalue weighted by atomic mass is 10.2. The molecular formula is C15H17N5O3. The van der Waals surface area contributed by atoms with Crippen LogP contribution in [0.15, 0.2) is 28.8 Å². The van der Waals surface area contributed by atoms with Gasteiger partial charge >= 0.3 is 0 Å². The summed E-state index contributed by atoms with van der Waals surface area (Å²) in [5, 5.41) is 18.0. The van der Waals surface area contributed by atoms with E-state index < -0.39 is 4.92 Å². The number of hydrogen-bond donors (Lipinski definition) is 1. The second-order valence-electron chi connectivity index (χ2n) is 5.37. The molecule has 1 aromatic carbocycles. The Morgan fingerprint density at radius 1 is 1.39 bits per heavy atom. The van der Waals surface area contributed by atoms with E-state index in [2.05, 4.69) is 20.4 Å². The number of piperazine rings is 1. The molecule has 0 bridgehead atoms. The van der Waals surface area contributed by atoms with Crippen LogP contribution in [0.5, 0.6) is 0 Å². The van der Waals surface area contributed by atoms with Crippen LogP contribution < -0.4 is 5.32 Å².